The first-order valence-electron chi connectivity index (χ1n) is 7.18. The lowest BCUT2D eigenvalue weighted by Crippen LogP contribution is -2.22. The molecule has 1 amide bonds. The number of rotatable bonds is 9. The molecule has 0 atom stereocenters. The number of nitrogens with one attached hydrogen (secondary N) is 1. The summed E-state index contributed by atoms with van der Waals surface area (Å²) >= 11 is 0. The van der Waals surface area contributed by atoms with E-state index in [1.54, 1.807) is 18.2 Å². The van der Waals surface area contributed by atoms with Gasteiger partial charge in [-0.05, 0) is 18.6 Å². The Hall–Kier alpha value is -2.04. The normalized spacial score (nSPS) is 10.0. The highest BCUT2D eigenvalue weighted by molar-refractivity contribution is 6.40. The molecule has 0 aromatic heterocycles. The van der Waals surface area contributed by atoms with E-state index in [1.807, 2.05) is 0 Å². The number of hydrogen-bond donors (Lipinski definition) is 1. The minimum Gasteiger partial charge on any atom is -0.493 e. The Morgan fingerprint density at radius 2 is 1.76 bits per heavy atom. The van der Waals surface area contributed by atoms with Gasteiger partial charge >= 0.3 is 0 Å². The van der Waals surface area contributed by atoms with Crippen molar-refractivity contribution >= 4 is 17.4 Å². The van der Waals surface area contributed by atoms with Gasteiger partial charge in [-0.25, -0.2) is 0 Å². The summed E-state index contributed by atoms with van der Waals surface area (Å²) in [6.45, 7) is 2.10. The molecule has 0 radical (unpaired) electrons. The van der Waals surface area contributed by atoms with Gasteiger partial charge in [0.05, 0.1) is 14.2 Å². The summed E-state index contributed by atoms with van der Waals surface area (Å²) in [7, 11) is 3.05. The van der Waals surface area contributed by atoms with Crippen molar-refractivity contribution in [2.45, 2.75) is 39.0 Å². The SMILES string of the molecule is CCCCCCC(=O)C(=O)Nc1ccc(OC)c(OC)c1. The molecule has 0 fully saturated rings. The summed E-state index contributed by atoms with van der Waals surface area (Å²) in [4.78, 5) is 23.5. The molecule has 1 aromatic rings. The van der Waals surface area contributed by atoms with Crippen LogP contribution in [0.4, 0.5) is 5.69 Å². The van der Waals surface area contributed by atoms with Crippen molar-refractivity contribution in [3.8, 4) is 11.5 Å². The minimum absolute atomic E-state index is 0.291. The molecule has 1 rings (SSSR count). The first kappa shape index (κ1) is 17.0. The van der Waals surface area contributed by atoms with E-state index in [0.29, 0.717) is 23.6 Å². The number of ether oxygens (including phenoxy) is 2. The molecule has 0 saturated heterocycles. The monoisotopic (exact) mass is 293 g/mol. The number of Topliss-reactive ketones (excluding diaryl/α,β-unsaturated/α-hetero) is 1. The van der Waals surface area contributed by atoms with E-state index in [2.05, 4.69) is 12.2 Å². The second-order valence-electron chi connectivity index (χ2n) is 4.76. The zero-order valence-corrected chi connectivity index (χ0v) is 12.9. The first-order valence-corrected chi connectivity index (χ1v) is 7.18. The Morgan fingerprint density at radius 1 is 1.05 bits per heavy atom. The molecular weight excluding hydrogens is 270 g/mol. The summed E-state index contributed by atoms with van der Waals surface area (Å²) in [5, 5.41) is 2.58. The highest BCUT2D eigenvalue weighted by atomic mass is 16.5. The number of carbonyl (C=O) groups excluding carboxylic acids is 2. The lowest BCUT2D eigenvalue weighted by atomic mass is 10.1. The maximum absolute atomic E-state index is 11.8. The van der Waals surface area contributed by atoms with Gasteiger partial charge in [0.25, 0.3) is 5.91 Å². The maximum Gasteiger partial charge on any atom is 0.291 e. The molecule has 5 heteroatoms. The number of hydrogen-bond acceptors (Lipinski definition) is 4. The second-order valence-corrected chi connectivity index (χ2v) is 4.76. The van der Waals surface area contributed by atoms with Crippen molar-refractivity contribution in [2.75, 3.05) is 19.5 Å². The molecule has 0 spiro atoms. The van der Waals surface area contributed by atoms with Gasteiger partial charge in [0.2, 0.25) is 5.78 Å². The molecule has 0 aliphatic heterocycles. The maximum atomic E-state index is 11.8. The van der Waals surface area contributed by atoms with E-state index in [0.717, 1.165) is 25.7 Å². The standard InChI is InChI=1S/C16H23NO4/c1-4-5-6-7-8-13(18)16(19)17-12-9-10-14(20-2)15(11-12)21-3/h9-11H,4-8H2,1-3H3,(H,17,19). The van der Waals surface area contributed by atoms with Crippen LogP contribution in [0.5, 0.6) is 11.5 Å². The third-order valence-corrected chi connectivity index (χ3v) is 3.15. The molecule has 0 aliphatic rings. The average molecular weight is 293 g/mol. The van der Waals surface area contributed by atoms with Crippen LogP contribution in [-0.4, -0.2) is 25.9 Å². The largest absolute Gasteiger partial charge is 0.493 e. The molecule has 0 unspecified atom stereocenters. The van der Waals surface area contributed by atoms with Crippen molar-refractivity contribution in [1.82, 2.24) is 0 Å². The predicted molar refractivity (Wildman–Crippen MR) is 81.9 cm³/mol. The van der Waals surface area contributed by atoms with Crippen LogP contribution in [0.2, 0.25) is 0 Å². The summed E-state index contributed by atoms with van der Waals surface area (Å²) in [5.74, 6) is 0.103. The van der Waals surface area contributed by atoms with Gasteiger partial charge in [0.1, 0.15) is 0 Å². The fourth-order valence-corrected chi connectivity index (χ4v) is 1.94. The van der Waals surface area contributed by atoms with Gasteiger partial charge in [0.15, 0.2) is 11.5 Å². The number of carbonyl (C=O) groups is 2. The second kappa shape index (κ2) is 9.00. The van der Waals surface area contributed by atoms with Crippen LogP contribution in [0, 0.1) is 0 Å². The number of unbranched alkanes of at least 4 members (excludes halogenated alkanes) is 3. The molecule has 0 bridgehead atoms. The number of methoxy groups -OCH3 is 2. The Bertz CT molecular complexity index is 485. The number of benzene rings is 1. The van der Waals surface area contributed by atoms with E-state index in [1.165, 1.54) is 14.2 Å². The smallest absolute Gasteiger partial charge is 0.291 e. The zero-order valence-electron chi connectivity index (χ0n) is 12.9. The van der Waals surface area contributed by atoms with Gasteiger partial charge in [-0.15, -0.1) is 0 Å². The van der Waals surface area contributed by atoms with Crippen LogP contribution in [0.1, 0.15) is 39.0 Å². The van der Waals surface area contributed by atoms with Crippen LogP contribution < -0.4 is 14.8 Å². The molecule has 0 saturated carbocycles. The molecule has 0 aliphatic carbocycles. The zero-order chi connectivity index (χ0) is 15.7. The van der Waals surface area contributed by atoms with E-state index in [9.17, 15) is 9.59 Å². The van der Waals surface area contributed by atoms with Gasteiger partial charge in [-0.1, -0.05) is 26.2 Å². The number of ketones is 1. The number of amides is 1. The van der Waals surface area contributed by atoms with Crippen LogP contribution in [0.25, 0.3) is 0 Å². The van der Waals surface area contributed by atoms with Crippen LogP contribution in [-0.2, 0) is 9.59 Å². The van der Waals surface area contributed by atoms with E-state index in [4.69, 9.17) is 9.47 Å². The fourth-order valence-electron chi connectivity index (χ4n) is 1.94. The average Bonchev–Trinajstić information content (AvgIpc) is 2.51. The van der Waals surface area contributed by atoms with Crippen LogP contribution in [0.15, 0.2) is 18.2 Å². The quantitative estimate of drug-likeness (QED) is 0.561. The molecule has 5 nitrogen and oxygen atoms in total. The van der Waals surface area contributed by atoms with E-state index < -0.39 is 5.91 Å². The summed E-state index contributed by atoms with van der Waals surface area (Å²) < 4.78 is 10.3. The van der Waals surface area contributed by atoms with Crippen LogP contribution in [0.3, 0.4) is 0 Å². The Kier molecular flexibility index (Phi) is 7.29. The molecule has 116 valence electrons. The van der Waals surface area contributed by atoms with Crippen molar-refractivity contribution in [3.63, 3.8) is 0 Å². The molecular formula is C16H23NO4. The van der Waals surface area contributed by atoms with E-state index >= 15 is 0 Å². The molecule has 1 aromatic carbocycles. The number of anilines is 1. The van der Waals surface area contributed by atoms with Crippen molar-refractivity contribution in [1.29, 1.82) is 0 Å². The van der Waals surface area contributed by atoms with Crippen molar-refractivity contribution in [3.05, 3.63) is 18.2 Å². The molecule has 1 N–H and O–H groups in total. The van der Waals surface area contributed by atoms with Gasteiger partial charge in [-0.2, -0.15) is 0 Å². The predicted octanol–water partition coefficient (Wildman–Crippen LogP) is 3.18. The molecule has 21 heavy (non-hydrogen) atoms. The third kappa shape index (κ3) is 5.45. The highest BCUT2D eigenvalue weighted by Crippen LogP contribution is 2.29. The molecule has 0 heterocycles. The van der Waals surface area contributed by atoms with E-state index in [-0.39, 0.29) is 5.78 Å². The summed E-state index contributed by atoms with van der Waals surface area (Å²) in [5.41, 5.74) is 0.513. The highest BCUT2D eigenvalue weighted by Gasteiger charge is 2.14. The fraction of sp³-hybridized carbons (Fsp3) is 0.500. The van der Waals surface area contributed by atoms with Crippen molar-refractivity contribution in [2.24, 2.45) is 0 Å². The van der Waals surface area contributed by atoms with Gasteiger partial charge in [-0.3, -0.25) is 9.59 Å². The van der Waals surface area contributed by atoms with Crippen molar-refractivity contribution < 1.29 is 19.1 Å². The van der Waals surface area contributed by atoms with Gasteiger partial charge in [0, 0.05) is 18.2 Å². The Balaban J connectivity index is 2.56. The topological polar surface area (TPSA) is 64.6 Å². The Morgan fingerprint density at radius 3 is 2.38 bits per heavy atom. The summed E-state index contributed by atoms with van der Waals surface area (Å²) in [6.07, 6.45) is 4.22. The lowest BCUT2D eigenvalue weighted by molar-refractivity contribution is -0.134. The minimum atomic E-state index is -0.585. The van der Waals surface area contributed by atoms with Gasteiger partial charge < -0.3 is 14.8 Å². The summed E-state index contributed by atoms with van der Waals surface area (Å²) in [6, 6.07) is 4.98. The first-order chi connectivity index (χ1) is 10.1. The lowest BCUT2D eigenvalue weighted by Gasteiger charge is -2.10. The third-order valence-electron chi connectivity index (χ3n) is 3.15. The van der Waals surface area contributed by atoms with Crippen LogP contribution >= 0.6 is 0 Å². The Labute approximate surface area is 125 Å².